The Bertz CT molecular complexity index is 404. The molecule has 0 spiro atoms. The van der Waals surface area contributed by atoms with E-state index >= 15 is 0 Å². The molecule has 0 aliphatic heterocycles. The number of benzene rings is 1. The van der Waals surface area contributed by atoms with Crippen LogP contribution in [-0.4, -0.2) is 7.11 Å². The van der Waals surface area contributed by atoms with E-state index in [1.165, 1.54) is 5.56 Å². The minimum Gasteiger partial charge on any atom is -0.496 e. The minimum atomic E-state index is 0.393. The van der Waals surface area contributed by atoms with E-state index in [4.69, 9.17) is 10.00 Å². The average Bonchev–Trinajstić information content (AvgIpc) is 2.29. The van der Waals surface area contributed by atoms with Gasteiger partial charge in [-0.05, 0) is 36.3 Å². The SMILES string of the molecule is COc1c(C)cccc1C(CCC#N)C(C)C. The molecule has 1 rings (SSSR count). The molecular weight excluding hydrogens is 210 g/mol. The third-order valence-electron chi connectivity index (χ3n) is 3.22. The monoisotopic (exact) mass is 231 g/mol. The molecule has 1 aromatic rings. The van der Waals surface area contributed by atoms with Crippen LogP contribution in [-0.2, 0) is 0 Å². The molecule has 0 amide bonds. The molecule has 0 saturated heterocycles. The number of para-hydroxylation sites is 1. The summed E-state index contributed by atoms with van der Waals surface area (Å²) in [6.07, 6.45) is 1.49. The summed E-state index contributed by atoms with van der Waals surface area (Å²) in [4.78, 5) is 0. The highest BCUT2D eigenvalue weighted by Gasteiger charge is 2.20. The molecule has 0 aromatic heterocycles. The zero-order chi connectivity index (χ0) is 12.8. The summed E-state index contributed by atoms with van der Waals surface area (Å²) in [5.74, 6) is 1.88. The lowest BCUT2D eigenvalue weighted by Gasteiger charge is -2.23. The Morgan fingerprint density at radius 2 is 2.06 bits per heavy atom. The predicted octanol–water partition coefficient (Wildman–Crippen LogP) is 4.05. The highest BCUT2D eigenvalue weighted by atomic mass is 16.5. The van der Waals surface area contributed by atoms with Crippen molar-refractivity contribution in [3.63, 3.8) is 0 Å². The second-order valence-electron chi connectivity index (χ2n) is 4.74. The standard InChI is InChI=1S/C15H21NO/c1-11(2)13(9-6-10-16)14-8-5-7-12(3)15(14)17-4/h5,7-8,11,13H,6,9H2,1-4H3. The molecule has 1 atom stereocenters. The van der Waals surface area contributed by atoms with Crippen molar-refractivity contribution in [1.82, 2.24) is 0 Å². The summed E-state index contributed by atoms with van der Waals surface area (Å²) >= 11 is 0. The van der Waals surface area contributed by atoms with Crippen molar-refractivity contribution in [1.29, 1.82) is 5.26 Å². The van der Waals surface area contributed by atoms with Crippen molar-refractivity contribution in [2.24, 2.45) is 5.92 Å². The van der Waals surface area contributed by atoms with Gasteiger partial charge in [0.2, 0.25) is 0 Å². The summed E-state index contributed by atoms with van der Waals surface area (Å²) in [6.45, 7) is 6.46. The Morgan fingerprint density at radius 1 is 1.35 bits per heavy atom. The third-order valence-corrected chi connectivity index (χ3v) is 3.22. The normalized spacial score (nSPS) is 12.2. The second-order valence-corrected chi connectivity index (χ2v) is 4.74. The van der Waals surface area contributed by atoms with Gasteiger partial charge in [-0.1, -0.05) is 32.0 Å². The van der Waals surface area contributed by atoms with Crippen molar-refractivity contribution in [2.75, 3.05) is 7.11 Å². The molecule has 1 aromatic carbocycles. The number of rotatable bonds is 5. The van der Waals surface area contributed by atoms with Crippen LogP contribution in [0.15, 0.2) is 18.2 Å². The summed E-state index contributed by atoms with van der Waals surface area (Å²) < 4.78 is 5.50. The first-order valence-electron chi connectivity index (χ1n) is 6.12. The van der Waals surface area contributed by atoms with E-state index in [-0.39, 0.29) is 0 Å². The van der Waals surface area contributed by atoms with E-state index in [0.29, 0.717) is 18.3 Å². The number of ether oxygens (including phenoxy) is 1. The zero-order valence-corrected chi connectivity index (χ0v) is 11.2. The van der Waals surface area contributed by atoms with Crippen molar-refractivity contribution < 1.29 is 4.74 Å². The van der Waals surface area contributed by atoms with Crippen LogP contribution in [0.1, 0.15) is 43.7 Å². The number of methoxy groups -OCH3 is 1. The number of hydrogen-bond acceptors (Lipinski definition) is 2. The number of nitriles is 1. The van der Waals surface area contributed by atoms with Gasteiger partial charge in [0.25, 0.3) is 0 Å². The van der Waals surface area contributed by atoms with Gasteiger partial charge in [-0.15, -0.1) is 0 Å². The first-order chi connectivity index (χ1) is 8.11. The van der Waals surface area contributed by atoms with Crippen LogP contribution in [0, 0.1) is 24.2 Å². The largest absolute Gasteiger partial charge is 0.496 e. The lowest BCUT2D eigenvalue weighted by atomic mass is 9.83. The van der Waals surface area contributed by atoms with Gasteiger partial charge < -0.3 is 4.74 Å². The molecule has 2 nitrogen and oxygen atoms in total. The topological polar surface area (TPSA) is 33.0 Å². The number of nitrogens with zero attached hydrogens (tertiary/aromatic N) is 1. The van der Waals surface area contributed by atoms with Gasteiger partial charge in [0, 0.05) is 6.42 Å². The van der Waals surface area contributed by atoms with Crippen LogP contribution in [0.4, 0.5) is 0 Å². The Hall–Kier alpha value is -1.49. The first kappa shape index (κ1) is 13.6. The molecule has 92 valence electrons. The lowest BCUT2D eigenvalue weighted by molar-refractivity contribution is 0.387. The van der Waals surface area contributed by atoms with Crippen LogP contribution in [0.2, 0.25) is 0 Å². The summed E-state index contributed by atoms with van der Waals surface area (Å²) in [7, 11) is 1.72. The van der Waals surface area contributed by atoms with Gasteiger partial charge >= 0.3 is 0 Å². The predicted molar refractivity (Wildman–Crippen MR) is 70.2 cm³/mol. The summed E-state index contributed by atoms with van der Waals surface area (Å²) in [5, 5.41) is 8.74. The Labute approximate surface area is 104 Å². The highest BCUT2D eigenvalue weighted by molar-refractivity contribution is 5.43. The molecule has 0 radical (unpaired) electrons. The van der Waals surface area contributed by atoms with Crippen molar-refractivity contribution in [3.05, 3.63) is 29.3 Å². The Morgan fingerprint density at radius 3 is 2.59 bits per heavy atom. The molecule has 0 aliphatic rings. The second kappa shape index (κ2) is 6.30. The van der Waals surface area contributed by atoms with Gasteiger partial charge in [-0.25, -0.2) is 0 Å². The molecular formula is C15H21NO. The van der Waals surface area contributed by atoms with Crippen molar-refractivity contribution >= 4 is 0 Å². The van der Waals surface area contributed by atoms with E-state index in [0.717, 1.165) is 17.7 Å². The van der Waals surface area contributed by atoms with Crippen molar-refractivity contribution in [3.8, 4) is 11.8 Å². The number of hydrogen-bond donors (Lipinski definition) is 0. The molecule has 0 N–H and O–H groups in total. The van der Waals surface area contributed by atoms with Crippen molar-refractivity contribution in [2.45, 2.75) is 39.5 Å². The average molecular weight is 231 g/mol. The Balaban J connectivity index is 3.09. The Kier molecular flexibility index (Phi) is 5.03. The maximum Gasteiger partial charge on any atom is 0.125 e. The van der Waals surface area contributed by atoms with Crippen LogP contribution in [0.25, 0.3) is 0 Å². The smallest absolute Gasteiger partial charge is 0.125 e. The quantitative estimate of drug-likeness (QED) is 0.766. The van der Waals surface area contributed by atoms with Gasteiger partial charge in [0.1, 0.15) is 5.75 Å². The molecule has 2 heteroatoms. The lowest BCUT2D eigenvalue weighted by Crippen LogP contribution is -2.09. The van der Waals surface area contributed by atoms with Gasteiger partial charge in [0.05, 0.1) is 13.2 Å². The summed E-state index contributed by atoms with van der Waals surface area (Å²) in [6, 6.07) is 8.48. The number of aryl methyl sites for hydroxylation is 1. The van der Waals surface area contributed by atoms with E-state index in [1.54, 1.807) is 7.11 Å². The highest BCUT2D eigenvalue weighted by Crippen LogP contribution is 2.36. The van der Waals surface area contributed by atoms with Gasteiger partial charge in [0.15, 0.2) is 0 Å². The molecule has 0 aliphatic carbocycles. The maximum absolute atomic E-state index is 8.74. The van der Waals surface area contributed by atoms with Crippen LogP contribution < -0.4 is 4.74 Å². The zero-order valence-electron chi connectivity index (χ0n) is 11.2. The van der Waals surface area contributed by atoms with E-state index < -0.39 is 0 Å². The van der Waals surface area contributed by atoms with Crippen LogP contribution >= 0.6 is 0 Å². The van der Waals surface area contributed by atoms with E-state index in [2.05, 4.69) is 45.0 Å². The van der Waals surface area contributed by atoms with Gasteiger partial charge in [-0.2, -0.15) is 5.26 Å². The minimum absolute atomic E-state index is 0.393. The first-order valence-corrected chi connectivity index (χ1v) is 6.12. The third kappa shape index (κ3) is 3.23. The fourth-order valence-corrected chi connectivity index (χ4v) is 2.31. The molecule has 0 saturated carbocycles. The molecule has 0 heterocycles. The molecule has 0 bridgehead atoms. The van der Waals surface area contributed by atoms with E-state index in [1.807, 2.05) is 0 Å². The maximum atomic E-state index is 8.74. The van der Waals surface area contributed by atoms with Crippen LogP contribution in [0.3, 0.4) is 0 Å². The summed E-state index contributed by atoms with van der Waals surface area (Å²) in [5.41, 5.74) is 2.39. The fraction of sp³-hybridized carbons (Fsp3) is 0.533. The van der Waals surface area contributed by atoms with Gasteiger partial charge in [-0.3, -0.25) is 0 Å². The molecule has 17 heavy (non-hydrogen) atoms. The van der Waals surface area contributed by atoms with E-state index in [9.17, 15) is 0 Å². The van der Waals surface area contributed by atoms with Crippen LogP contribution in [0.5, 0.6) is 5.75 Å². The molecule has 0 fully saturated rings. The molecule has 1 unspecified atom stereocenters. The fourth-order valence-electron chi connectivity index (χ4n) is 2.31.